The van der Waals surface area contributed by atoms with E-state index in [4.69, 9.17) is 0 Å². The Hall–Kier alpha value is -1.99. The second kappa shape index (κ2) is 10.1. The lowest BCUT2D eigenvalue weighted by Gasteiger charge is -2.39. The summed E-state index contributed by atoms with van der Waals surface area (Å²) in [6.07, 6.45) is 5.55. The van der Waals surface area contributed by atoms with Gasteiger partial charge in [0, 0.05) is 44.2 Å². The Balaban J connectivity index is 1.30. The highest BCUT2D eigenvalue weighted by Gasteiger charge is 2.30. The maximum atomic E-state index is 12.5. The van der Waals surface area contributed by atoms with Gasteiger partial charge in [-0.25, -0.2) is 4.98 Å². The molecule has 170 valence electrons. The fourth-order valence-corrected chi connectivity index (χ4v) is 4.83. The molecule has 1 amide bonds. The van der Waals surface area contributed by atoms with E-state index in [1.807, 2.05) is 12.1 Å². The van der Waals surface area contributed by atoms with Crippen LogP contribution in [0.1, 0.15) is 56.4 Å². The Labute approximate surface area is 186 Å². The largest absolute Gasteiger partial charge is 0.355 e. The van der Waals surface area contributed by atoms with Gasteiger partial charge in [-0.1, -0.05) is 6.07 Å². The minimum Gasteiger partial charge on any atom is -0.355 e. The van der Waals surface area contributed by atoms with Crippen LogP contribution in [0.15, 0.2) is 18.2 Å². The molecule has 0 radical (unpaired) electrons. The second-order valence-corrected chi connectivity index (χ2v) is 9.54. The van der Waals surface area contributed by atoms with Gasteiger partial charge in [-0.05, 0) is 71.2 Å². The Morgan fingerprint density at radius 3 is 2.52 bits per heavy atom. The molecule has 0 unspecified atom stereocenters. The first-order chi connectivity index (χ1) is 15.0. The number of nitrogens with zero attached hydrogens (tertiary/aromatic N) is 4. The average molecular weight is 428 g/mol. The van der Waals surface area contributed by atoms with Crippen LogP contribution in [-0.4, -0.2) is 84.4 Å². The topological polar surface area (TPSA) is 68.8 Å². The summed E-state index contributed by atoms with van der Waals surface area (Å²) in [7, 11) is 0. The van der Waals surface area contributed by atoms with Gasteiger partial charge in [-0.3, -0.25) is 14.5 Å². The zero-order chi connectivity index (χ0) is 21.8. The van der Waals surface area contributed by atoms with E-state index in [0.717, 1.165) is 51.3 Å². The molecule has 1 N–H and O–H groups in total. The summed E-state index contributed by atoms with van der Waals surface area (Å²) in [5, 5.41) is 2.74. The van der Waals surface area contributed by atoms with E-state index >= 15 is 0 Å². The number of rotatable bonds is 7. The van der Waals surface area contributed by atoms with E-state index in [0.29, 0.717) is 17.8 Å². The van der Waals surface area contributed by atoms with Gasteiger partial charge in [0.25, 0.3) is 5.91 Å². The van der Waals surface area contributed by atoms with Crippen molar-refractivity contribution in [1.82, 2.24) is 20.1 Å². The van der Waals surface area contributed by atoms with E-state index in [1.165, 1.54) is 25.9 Å². The fourth-order valence-electron chi connectivity index (χ4n) is 4.83. The molecule has 7 heteroatoms. The summed E-state index contributed by atoms with van der Waals surface area (Å²) in [4.78, 5) is 36.5. The van der Waals surface area contributed by atoms with E-state index in [9.17, 15) is 9.59 Å². The monoisotopic (exact) mass is 427 g/mol. The zero-order valence-corrected chi connectivity index (χ0v) is 19.1. The van der Waals surface area contributed by atoms with Gasteiger partial charge in [0.15, 0.2) is 5.78 Å². The normalized spacial score (nSPS) is 21.8. The van der Waals surface area contributed by atoms with Crippen LogP contribution < -0.4 is 10.2 Å². The molecule has 4 rings (SSSR count). The predicted molar refractivity (Wildman–Crippen MR) is 122 cm³/mol. The number of hydrogen-bond donors (Lipinski definition) is 1. The first-order valence-corrected chi connectivity index (χ1v) is 12.0. The predicted octanol–water partition coefficient (Wildman–Crippen LogP) is 2.18. The number of carbonyl (C=O) groups is 2. The average Bonchev–Trinajstić information content (AvgIpc) is 3.64. The number of carbonyl (C=O) groups excluding carboxylic acids is 2. The van der Waals surface area contributed by atoms with Crippen LogP contribution >= 0.6 is 0 Å². The number of likely N-dealkylation sites (tertiary alicyclic amines) is 1. The van der Waals surface area contributed by atoms with Gasteiger partial charge in [-0.2, -0.15) is 0 Å². The van der Waals surface area contributed by atoms with Crippen molar-refractivity contribution in [3.05, 3.63) is 23.9 Å². The number of aromatic nitrogens is 1. The van der Waals surface area contributed by atoms with Crippen LogP contribution in [0.3, 0.4) is 0 Å². The van der Waals surface area contributed by atoms with E-state index in [-0.39, 0.29) is 24.2 Å². The Kier molecular flexibility index (Phi) is 7.23. The molecule has 2 aliphatic heterocycles. The number of Topliss-reactive ketones (excluding diaryl/α,β-unsaturated/α-hetero) is 1. The number of anilines is 1. The molecule has 1 aromatic heterocycles. The van der Waals surface area contributed by atoms with Crippen LogP contribution in [0.25, 0.3) is 0 Å². The maximum absolute atomic E-state index is 12.5. The number of ketones is 1. The van der Waals surface area contributed by atoms with Crippen molar-refractivity contribution < 1.29 is 9.59 Å². The third kappa shape index (κ3) is 5.83. The summed E-state index contributed by atoms with van der Waals surface area (Å²) in [5.41, 5.74) is 0.392. The Morgan fingerprint density at radius 2 is 1.81 bits per heavy atom. The van der Waals surface area contributed by atoms with Crippen molar-refractivity contribution >= 4 is 17.5 Å². The van der Waals surface area contributed by atoms with Crippen molar-refractivity contribution in [3.63, 3.8) is 0 Å². The summed E-state index contributed by atoms with van der Waals surface area (Å²) in [6, 6.07) is 6.94. The molecule has 1 aliphatic carbocycles. The van der Waals surface area contributed by atoms with Gasteiger partial charge in [0.1, 0.15) is 11.5 Å². The number of hydrogen-bond acceptors (Lipinski definition) is 6. The van der Waals surface area contributed by atoms with Crippen molar-refractivity contribution in [2.24, 2.45) is 5.92 Å². The van der Waals surface area contributed by atoms with E-state index < -0.39 is 0 Å². The molecule has 0 bridgehead atoms. The minimum absolute atomic E-state index is 0.115. The van der Waals surface area contributed by atoms with E-state index in [1.54, 1.807) is 6.07 Å². The van der Waals surface area contributed by atoms with Crippen LogP contribution in [0.2, 0.25) is 0 Å². The molecule has 0 spiro atoms. The van der Waals surface area contributed by atoms with Gasteiger partial charge >= 0.3 is 0 Å². The molecule has 1 aromatic rings. The molecule has 3 heterocycles. The Morgan fingerprint density at radius 1 is 1.03 bits per heavy atom. The van der Waals surface area contributed by atoms with Crippen LogP contribution in [0.4, 0.5) is 5.82 Å². The molecular weight excluding hydrogens is 390 g/mol. The number of nitrogens with one attached hydrogen (secondary N) is 1. The highest BCUT2D eigenvalue weighted by Crippen LogP contribution is 2.29. The number of piperidine rings is 1. The quantitative estimate of drug-likeness (QED) is 0.719. The zero-order valence-electron chi connectivity index (χ0n) is 19.1. The SMILES string of the molecule is CC(C)N1CCC(N2CCCN(c3cccc(C(=O)NCC(=O)C4CC4)n3)CC2)CC1. The minimum atomic E-state index is -0.260. The lowest BCUT2D eigenvalue weighted by molar-refractivity contribution is -0.119. The maximum Gasteiger partial charge on any atom is 0.270 e. The smallest absolute Gasteiger partial charge is 0.270 e. The van der Waals surface area contributed by atoms with Gasteiger partial charge < -0.3 is 15.1 Å². The summed E-state index contributed by atoms with van der Waals surface area (Å²) in [6.45, 7) is 11.2. The summed E-state index contributed by atoms with van der Waals surface area (Å²) >= 11 is 0. The van der Waals surface area contributed by atoms with Crippen molar-refractivity contribution in [2.45, 2.75) is 58.0 Å². The molecular formula is C24H37N5O2. The third-order valence-corrected chi connectivity index (χ3v) is 7.02. The first-order valence-electron chi connectivity index (χ1n) is 12.0. The summed E-state index contributed by atoms with van der Waals surface area (Å²) < 4.78 is 0. The fraction of sp³-hybridized carbons (Fsp3) is 0.708. The molecule has 2 saturated heterocycles. The Bertz CT molecular complexity index is 771. The van der Waals surface area contributed by atoms with Crippen molar-refractivity contribution in [2.75, 3.05) is 50.7 Å². The van der Waals surface area contributed by atoms with Gasteiger partial charge in [-0.15, -0.1) is 0 Å². The van der Waals surface area contributed by atoms with Crippen molar-refractivity contribution in [3.8, 4) is 0 Å². The third-order valence-electron chi connectivity index (χ3n) is 7.02. The molecule has 3 fully saturated rings. The van der Waals surface area contributed by atoms with Crippen LogP contribution in [-0.2, 0) is 4.79 Å². The van der Waals surface area contributed by atoms with E-state index in [2.05, 4.69) is 38.8 Å². The number of pyridine rings is 1. The van der Waals surface area contributed by atoms with Crippen molar-refractivity contribution in [1.29, 1.82) is 0 Å². The summed E-state index contributed by atoms with van der Waals surface area (Å²) in [5.74, 6) is 0.899. The standard InChI is InChI=1S/C24H37N5O2/c1-18(2)27-13-9-20(10-14-27)28-11-4-12-29(16-15-28)23-6-3-5-21(26-23)24(31)25-17-22(30)19-7-8-19/h3,5-6,18-20H,4,7-17H2,1-2H3,(H,25,31). The van der Waals surface area contributed by atoms with Crippen LogP contribution in [0.5, 0.6) is 0 Å². The number of amides is 1. The highest BCUT2D eigenvalue weighted by molar-refractivity contribution is 5.96. The molecule has 1 saturated carbocycles. The molecule has 0 atom stereocenters. The van der Waals surface area contributed by atoms with Crippen LogP contribution in [0, 0.1) is 5.92 Å². The second-order valence-electron chi connectivity index (χ2n) is 9.54. The molecule has 0 aromatic carbocycles. The van der Waals surface area contributed by atoms with Gasteiger partial charge in [0.2, 0.25) is 0 Å². The molecule has 3 aliphatic rings. The lowest BCUT2D eigenvalue weighted by atomic mass is 10.0. The molecule has 31 heavy (non-hydrogen) atoms. The first kappa shape index (κ1) is 22.2. The highest BCUT2D eigenvalue weighted by atomic mass is 16.2. The molecule has 7 nitrogen and oxygen atoms in total. The van der Waals surface area contributed by atoms with Gasteiger partial charge in [0.05, 0.1) is 6.54 Å². The lowest BCUT2D eigenvalue weighted by Crippen LogP contribution is -2.47.